The molecule has 0 aliphatic carbocycles. The van der Waals surface area contributed by atoms with Gasteiger partial charge in [-0.25, -0.2) is 9.37 Å². The van der Waals surface area contributed by atoms with Crippen LogP contribution in [0.4, 0.5) is 4.39 Å². The average Bonchev–Trinajstić information content (AvgIpc) is 2.75. The third-order valence-corrected chi connectivity index (χ3v) is 3.38. The van der Waals surface area contributed by atoms with Crippen molar-refractivity contribution in [2.45, 2.75) is 0 Å². The molecule has 0 aliphatic rings. The van der Waals surface area contributed by atoms with Crippen LogP contribution in [-0.4, -0.2) is 9.38 Å². The number of rotatable bonds is 1. The van der Waals surface area contributed by atoms with Crippen molar-refractivity contribution >= 4 is 27.9 Å². The Hall–Kier alpha value is -1.39. The summed E-state index contributed by atoms with van der Waals surface area (Å²) in [7, 11) is 0. The van der Waals surface area contributed by atoms with Crippen LogP contribution in [0.2, 0.25) is 4.34 Å². The van der Waals surface area contributed by atoms with E-state index in [1.165, 1.54) is 23.5 Å². The van der Waals surface area contributed by atoms with Gasteiger partial charge in [-0.2, -0.15) is 0 Å². The van der Waals surface area contributed by atoms with Gasteiger partial charge in [0.15, 0.2) is 4.96 Å². The molecule has 0 aliphatic heterocycles. The lowest BCUT2D eigenvalue weighted by atomic mass is 10.2. The highest BCUT2D eigenvalue weighted by Gasteiger charge is 2.06. The topological polar surface area (TPSA) is 17.3 Å². The van der Waals surface area contributed by atoms with E-state index in [9.17, 15) is 4.39 Å². The molecule has 0 amide bonds. The molecule has 0 fully saturated rings. The quantitative estimate of drug-likeness (QED) is 0.643. The van der Waals surface area contributed by atoms with Crippen LogP contribution in [0.15, 0.2) is 36.7 Å². The summed E-state index contributed by atoms with van der Waals surface area (Å²) in [6.07, 6.45) is 3.69. The highest BCUT2D eigenvalue weighted by Crippen LogP contribution is 2.26. The maximum atomic E-state index is 12.8. The van der Waals surface area contributed by atoms with Crippen LogP contribution < -0.4 is 0 Å². The molecule has 0 spiro atoms. The summed E-state index contributed by atoms with van der Waals surface area (Å²) >= 11 is 7.27. The van der Waals surface area contributed by atoms with Crippen molar-refractivity contribution in [2.75, 3.05) is 0 Å². The minimum absolute atomic E-state index is 0.243. The van der Waals surface area contributed by atoms with Gasteiger partial charge in [0, 0.05) is 18.0 Å². The van der Waals surface area contributed by atoms with E-state index >= 15 is 0 Å². The second-order valence-corrected chi connectivity index (χ2v) is 5.00. The van der Waals surface area contributed by atoms with Crippen molar-refractivity contribution < 1.29 is 4.39 Å². The monoisotopic (exact) mass is 252 g/mol. The fraction of sp³-hybridized carbons (Fsp3) is 0. The molecule has 0 radical (unpaired) electrons. The van der Waals surface area contributed by atoms with E-state index in [-0.39, 0.29) is 5.82 Å². The fourth-order valence-electron chi connectivity index (χ4n) is 1.53. The van der Waals surface area contributed by atoms with E-state index in [4.69, 9.17) is 11.6 Å². The molecule has 16 heavy (non-hydrogen) atoms. The van der Waals surface area contributed by atoms with Crippen LogP contribution in [0.25, 0.3) is 16.2 Å². The van der Waals surface area contributed by atoms with E-state index < -0.39 is 0 Å². The summed E-state index contributed by atoms with van der Waals surface area (Å²) in [6.45, 7) is 0. The lowest BCUT2D eigenvalue weighted by molar-refractivity contribution is 0.628. The molecule has 0 unspecified atom stereocenters. The van der Waals surface area contributed by atoms with Crippen LogP contribution in [0.3, 0.4) is 0 Å². The first-order valence-corrected chi connectivity index (χ1v) is 5.82. The number of thiazole rings is 1. The Morgan fingerprint density at radius 3 is 2.62 bits per heavy atom. The number of hydrogen-bond donors (Lipinski definition) is 0. The molecule has 3 rings (SSSR count). The smallest absolute Gasteiger partial charge is 0.195 e. The predicted octanol–water partition coefficient (Wildman–Crippen LogP) is 3.86. The predicted molar refractivity (Wildman–Crippen MR) is 63.5 cm³/mol. The number of aromatic nitrogens is 2. The highest BCUT2D eigenvalue weighted by atomic mass is 35.5. The van der Waals surface area contributed by atoms with Gasteiger partial charge < -0.3 is 0 Å². The molecule has 3 aromatic rings. The van der Waals surface area contributed by atoms with Gasteiger partial charge in [0.2, 0.25) is 0 Å². The van der Waals surface area contributed by atoms with Crippen molar-refractivity contribution in [3.05, 3.63) is 46.8 Å². The largest absolute Gasteiger partial charge is 0.296 e. The van der Waals surface area contributed by atoms with Crippen molar-refractivity contribution in [1.29, 1.82) is 0 Å². The first kappa shape index (κ1) is 9.81. The zero-order chi connectivity index (χ0) is 11.1. The van der Waals surface area contributed by atoms with Crippen LogP contribution in [0, 0.1) is 5.82 Å². The Morgan fingerprint density at radius 2 is 1.94 bits per heavy atom. The summed E-state index contributed by atoms with van der Waals surface area (Å²) in [5.74, 6) is -0.243. The summed E-state index contributed by atoms with van der Waals surface area (Å²) < 4.78 is 15.3. The highest BCUT2D eigenvalue weighted by molar-refractivity contribution is 7.20. The zero-order valence-corrected chi connectivity index (χ0v) is 9.60. The molecule has 0 atom stereocenters. The van der Waals surface area contributed by atoms with Gasteiger partial charge in [-0.3, -0.25) is 4.40 Å². The van der Waals surface area contributed by atoms with E-state index in [0.717, 1.165) is 16.2 Å². The lowest BCUT2D eigenvalue weighted by Crippen LogP contribution is -1.78. The standard InChI is InChI=1S/C11H6ClFN2S/c12-10-6-15-5-9(14-11(15)16-10)7-1-3-8(13)4-2-7/h1-6H. The number of nitrogens with zero attached hydrogens (tertiary/aromatic N) is 2. The molecule has 0 bridgehead atoms. The molecule has 1 aromatic carbocycles. The second-order valence-electron chi connectivity index (χ2n) is 3.36. The number of benzene rings is 1. The lowest BCUT2D eigenvalue weighted by Gasteiger charge is -1.94. The molecule has 2 nitrogen and oxygen atoms in total. The molecule has 2 heterocycles. The molecule has 0 N–H and O–H groups in total. The third kappa shape index (κ3) is 1.60. The average molecular weight is 253 g/mol. The van der Waals surface area contributed by atoms with Crippen molar-refractivity contribution in [2.24, 2.45) is 0 Å². The second kappa shape index (κ2) is 3.57. The van der Waals surface area contributed by atoms with Crippen molar-refractivity contribution in [3.8, 4) is 11.3 Å². The first-order valence-electron chi connectivity index (χ1n) is 4.62. The Kier molecular flexibility index (Phi) is 2.19. The molecule has 0 saturated carbocycles. The maximum Gasteiger partial charge on any atom is 0.195 e. The Morgan fingerprint density at radius 1 is 1.19 bits per heavy atom. The SMILES string of the molecule is Fc1ccc(-c2cn3cc(Cl)sc3n2)cc1. The summed E-state index contributed by atoms with van der Waals surface area (Å²) in [4.78, 5) is 5.25. The normalized spacial score (nSPS) is 11.1. The first-order chi connectivity index (χ1) is 7.72. The van der Waals surface area contributed by atoms with Gasteiger partial charge in [-0.15, -0.1) is 0 Å². The number of fused-ring (bicyclic) bond motifs is 1. The summed E-state index contributed by atoms with van der Waals surface area (Å²) in [6, 6.07) is 6.28. The van der Waals surface area contributed by atoms with Crippen molar-refractivity contribution in [1.82, 2.24) is 9.38 Å². The van der Waals surface area contributed by atoms with Gasteiger partial charge in [0.1, 0.15) is 10.2 Å². The Balaban J connectivity index is 2.11. The van der Waals surface area contributed by atoms with Crippen LogP contribution in [0.1, 0.15) is 0 Å². The third-order valence-electron chi connectivity index (χ3n) is 2.27. The van der Waals surface area contributed by atoms with Gasteiger partial charge in [-0.05, 0) is 24.3 Å². The Labute approximate surface area is 99.9 Å². The summed E-state index contributed by atoms with van der Waals surface area (Å²) in [5, 5.41) is 0. The molecule has 5 heteroatoms. The minimum atomic E-state index is -0.243. The molecular formula is C11H6ClFN2S. The van der Waals surface area contributed by atoms with E-state index in [1.807, 2.05) is 16.8 Å². The number of imidazole rings is 1. The maximum absolute atomic E-state index is 12.8. The van der Waals surface area contributed by atoms with Crippen LogP contribution in [-0.2, 0) is 0 Å². The fourth-order valence-corrected chi connectivity index (χ4v) is 2.53. The number of hydrogen-bond acceptors (Lipinski definition) is 2. The minimum Gasteiger partial charge on any atom is -0.296 e. The summed E-state index contributed by atoms with van der Waals surface area (Å²) in [5.41, 5.74) is 1.72. The van der Waals surface area contributed by atoms with E-state index in [1.54, 1.807) is 12.1 Å². The van der Waals surface area contributed by atoms with Gasteiger partial charge in [0.25, 0.3) is 0 Å². The van der Waals surface area contributed by atoms with Crippen LogP contribution in [0.5, 0.6) is 0 Å². The van der Waals surface area contributed by atoms with Crippen LogP contribution >= 0.6 is 22.9 Å². The van der Waals surface area contributed by atoms with E-state index in [0.29, 0.717) is 4.34 Å². The molecular weight excluding hydrogens is 247 g/mol. The molecule has 2 aromatic heterocycles. The zero-order valence-electron chi connectivity index (χ0n) is 8.02. The van der Waals surface area contributed by atoms with Crippen molar-refractivity contribution in [3.63, 3.8) is 0 Å². The molecule has 0 saturated heterocycles. The van der Waals surface area contributed by atoms with E-state index in [2.05, 4.69) is 4.98 Å². The molecule has 80 valence electrons. The van der Waals surface area contributed by atoms with Gasteiger partial charge >= 0.3 is 0 Å². The Bertz CT molecular complexity index is 610. The number of halogens is 2. The van der Waals surface area contributed by atoms with Gasteiger partial charge in [-0.1, -0.05) is 22.9 Å². The van der Waals surface area contributed by atoms with Gasteiger partial charge in [0.05, 0.1) is 5.69 Å².